The van der Waals surface area contributed by atoms with E-state index in [1.807, 2.05) is 27.7 Å². The first-order chi connectivity index (χ1) is 35.8. The second-order valence-corrected chi connectivity index (χ2v) is 23.0. The quantitative estimate of drug-likeness (QED) is 0.0729. The lowest BCUT2D eigenvalue weighted by Crippen LogP contribution is -2.10. The van der Waals surface area contributed by atoms with Crippen LogP contribution in [0.2, 0.25) is 0 Å². The summed E-state index contributed by atoms with van der Waals surface area (Å²) < 4.78 is 0. The average molecular weight is 1020 g/mol. The third-order valence-corrected chi connectivity index (χ3v) is 13.6. The van der Waals surface area contributed by atoms with Gasteiger partial charge in [-0.15, -0.1) is 26.3 Å². The largest absolute Gasteiger partial charge is 0.303 e. The van der Waals surface area contributed by atoms with Crippen LogP contribution in [0.3, 0.4) is 0 Å². The van der Waals surface area contributed by atoms with E-state index in [1.54, 1.807) is 11.1 Å². The molecule has 2 nitrogen and oxygen atoms in total. The number of fused-ring (bicyclic) bond motifs is 2. The van der Waals surface area contributed by atoms with Crippen molar-refractivity contribution < 1.29 is 9.59 Å². The van der Waals surface area contributed by atoms with Gasteiger partial charge in [-0.05, 0) is 165 Å². The number of aldehydes is 1. The van der Waals surface area contributed by atoms with Gasteiger partial charge in [0.15, 0.2) is 0 Å². The Labute approximate surface area is 464 Å². The molecule has 416 valence electrons. The maximum atomic E-state index is 10.7. The summed E-state index contributed by atoms with van der Waals surface area (Å²) in [7, 11) is 0. The Morgan fingerprint density at radius 2 is 0.987 bits per heavy atom. The van der Waals surface area contributed by atoms with Crippen LogP contribution in [0.4, 0.5) is 0 Å². The molecule has 0 N–H and O–H groups in total. The van der Waals surface area contributed by atoms with Crippen molar-refractivity contribution in [3.63, 3.8) is 0 Å². The Morgan fingerprint density at radius 1 is 0.533 bits per heavy atom. The van der Waals surface area contributed by atoms with E-state index in [4.69, 9.17) is 0 Å². The van der Waals surface area contributed by atoms with E-state index in [2.05, 4.69) is 213 Å². The van der Waals surface area contributed by atoms with Gasteiger partial charge in [-0.1, -0.05) is 234 Å². The standard InChI is InChI=1S/C40H42.C7H14O.C7H14.C7H16.C4H8O.C4H10.2C2H4/c1-6-7-26(2)38-20-18-32(22-29(38)5)30-10-12-31(13-11-30)33-14-15-35-24-36(17-16-34(35)23-33)37-19-21-39-27(3)8-9-28(4)40(39)25-37;1-4-5-7(8)6(2)3;1-6(2)5-7-3-4-7;1-4-5-6-7(2)3;1-2-3-4-5;1-4(2)3;2*1-2/h10-28H,6-9H2,1-5H3;6H,4-5H2,1-3H3;6-7H,3-5H2,1-2H3;7H,4-6H2,1-3H3;4H,2-3H2,1H3;4H,1-3H3;2*1-2H2. The Morgan fingerprint density at radius 3 is 1.35 bits per heavy atom. The highest BCUT2D eigenvalue weighted by molar-refractivity contribution is 5.91. The molecule has 2 aliphatic carbocycles. The second kappa shape index (κ2) is 40.4. The molecule has 0 saturated heterocycles. The summed E-state index contributed by atoms with van der Waals surface area (Å²) in [5.74, 6) is 6.36. The zero-order valence-electron chi connectivity index (χ0n) is 51.5. The van der Waals surface area contributed by atoms with E-state index >= 15 is 0 Å². The molecule has 7 rings (SSSR count). The summed E-state index contributed by atoms with van der Waals surface area (Å²) >= 11 is 0. The lowest BCUT2D eigenvalue weighted by molar-refractivity contribution is -0.121. The minimum Gasteiger partial charge on any atom is -0.303 e. The first-order valence-corrected chi connectivity index (χ1v) is 29.7. The summed E-state index contributed by atoms with van der Waals surface area (Å²) in [4.78, 5) is 20.1. The maximum absolute atomic E-state index is 10.7. The van der Waals surface area contributed by atoms with Crippen molar-refractivity contribution in [2.75, 3.05) is 0 Å². The van der Waals surface area contributed by atoms with E-state index in [9.17, 15) is 9.59 Å². The topological polar surface area (TPSA) is 34.1 Å². The molecule has 0 bridgehead atoms. The van der Waals surface area contributed by atoms with Crippen LogP contribution in [0.25, 0.3) is 44.2 Å². The van der Waals surface area contributed by atoms with Crippen LogP contribution in [0.5, 0.6) is 0 Å². The highest BCUT2D eigenvalue weighted by Gasteiger charge is 2.23. The second-order valence-electron chi connectivity index (χ2n) is 23.0. The van der Waals surface area contributed by atoms with E-state index in [0.29, 0.717) is 30.0 Å². The van der Waals surface area contributed by atoms with Gasteiger partial charge in [-0.3, -0.25) is 4.79 Å². The number of hydrogen-bond acceptors (Lipinski definition) is 2. The van der Waals surface area contributed by atoms with Crippen LogP contribution >= 0.6 is 0 Å². The molecule has 3 atom stereocenters. The lowest BCUT2D eigenvalue weighted by Gasteiger charge is -2.28. The van der Waals surface area contributed by atoms with Crippen LogP contribution in [-0.4, -0.2) is 12.1 Å². The zero-order chi connectivity index (χ0) is 57.0. The van der Waals surface area contributed by atoms with Gasteiger partial charge in [0.05, 0.1) is 0 Å². The Bertz CT molecular complexity index is 2260. The molecule has 0 amide bonds. The SMILES string of the molecule is C=C.C=C.CC(C)C.CC(C)CC1CC1.CCCC(=O)C(C)C.CCCC(C)c1ccc(-c2ccc(-c3ccc4cc(-c5ccc6c(c5)C(C)CCC6C)ccc4c3)cc2)cc1C.CCCC=O.CCCCC(C)C. The summed E-state index contributed by atoms with van der Waals surface area (Å²) in [5.41, 5.74) is 13.7. The molecular formula is C73H112O2. The highest BCUT2D eigenvalue weighted by atomic mass is 16.1. The third kappa shape index (κ3) is 28.2. The maximum Gasteiger partial charge on any atom is 0.135 e. The van der Waals surface area contributed by atoms with Gasteiger partial charge in [0.25, 0.3) is 0 Å². The first kappa shape index (κ1) is 70.2. The smallest absolute Gasteiger partial charge is 0.135 e. The number of Topliss-reactive ketones (excluding diaryl/α,β-unsaturated/α-hetero) is 1. The van der Waals surface area contributed by atoms with Gasteiger partial charge in [0, 0.05) is 18.8 Å². The Hall–Kier alpha value is -4.82. The third-order valence-electron chi connectivity index (χ3n) is 13.6. The van der Waals surface area contributed by atoms with E-state index < -0.39 is 0 Å². The number of benzene rings is 5. The van der Waals surface area contributed by atoms with Crippen LogP contribution in [0.1, 0.15) is 241 Å². The van der Waals surface area contributed by atoms with Gasteiger partial charge in [0.1, 0.15) is 12.1 Å². The molecule has 0 aromatic heterocycles. The molecule has 1 saturated carbocycles. The molecule has 0 heterocycles. The molecule has 0 radical (unpaired) electrons. The molecule has 0 spiro atoms. The molecule has 5 aromatic carbocycles. The number of hydrogen-bond donors (Lipinski definition) is 0. The van der Waals surface area contributed by atoms with Crippen molar-refractivity contribution in [3.05, 3.63) is 146 Å². The van der Waals surface area contributed by atoms with Crippen molar-refractivity contribution in [1.82, 2.24) is 0 Å². The van der Waals surface area contributed by atoms with Gasteiger partial charge >= 0.3 is 0 Å². The Kier molecular flexibility index (Phi) is 37.8. The predicted octanol–water partition coefficient (Wildman–Crippen LogP) is 23.6. The van der Waals surface area contributed by atoms with Gasteiger partial charge in [-0.2, -0.15) is 0 Å². The van der Waals surface area contributed by atoms with Crippen LogP contribution in [0.15, 0.2) is 123 Å². The average Bonchev–Trinajstić information content (AvgIpc) is 4.22. The minimum absolute atomic E-state index is 0.231. The fraction of sp³-hybridized carbons (Fsp3) is 0.534. The highest BCUT2D eigenvalue weighted by Crippen LogP contribution is 2.41. The van der Waals surface area contributed by atoms with Gasteiger partial charge in [-0.25, -0.2) is 0 Å². The normalized spacial score (nSPS) is 14.4. The molecular weight excluding hydrogens is 909 g/mol. The molecule has 75 heavy (non-hydrogen) atoms. The molecule has 5 aromatic rings. The van der Waals surface area contributed by atoms with Crippen molar-refractivity contribution in [3.8, 4) is 33.4 Å². The fourth-order valence-corrected chi connectivity index (χ4v) is 9.18. The molecule has 1 fully saturated rings. The van der Waals surface area contributed by atoms with Crippen molar-refractivity contribution >= 4 is 22.8 Å². The predicted molar refractivity (Wildman–Crippen MR) is 340 cm³/mol. The molecule has 2 heteroatoms. The van der Waals surface area contributed by atoms with Crippen LogP contribution in [-0.2, 0) is 9.59 Å². The van der Waals surface area contributed by atoms with Crippen LogP contribution in [0, 0.1) is 36.5 Å². The monoisotopic (exact) mass is 1020 g/mol. The zero-order valence-corrected chi connectivity index (χ0v) is 51.5. The van der Waals surface area contributed by atoms with Crippen molar-refractivity contribution in [2.45, 2.75) is 225 Å². The number of ketones is 1. The number of carbonyl (C=O) groups excluding carboxylic acids is 2. The number of aryl methyl sites for hydroxylation is 1. The lowest BCUT2D eigenvalue weighted by atomic mass is 9.77. The van der Waals surface area contributed by atoms with E-state index in [1.165, 1.54) is 119 Å². The number of rotatable bonds is 16. The first-order valence-electron chi connectivity index (χ1n) is 29.7. The summed E-state index contributed by atoms with van der Waals surface area (Å²) in [6.45, 7) is 49.4. The van der Waals surface area contributed by atoms with Crippen LogP contribution < -0.4 is 0 Å². The molecule has 2 aliphatic rings. The van der Waals surface area contributed by atoms with Gasteiger partial charge in [0.2, 0.25) is 0 Å². The summed E-state index contributed by atoms with van der Waals surface area (Å²) in [6, 6.07) is 37.0. The summed E-state index contributed by atoms with van der Waals surface area (Å²) in [5, 5.41) is 2.59. The Balaban J connectivity index is 0.00000126. The molecule has 0 aliphatic heterocycles. The minimum atomic E-state index is 0.231. The number of carbonyl (C=O) groups is 2. The van der Waals surface area contributed by atoms with Crippen molar-refractivity contribution in [1.29, 1.82) is 0 Å². The van der Waals surface area contributed by atoms with E-state index in [0.717, 1.165) is 49.2 Å². The van der Waals surface area contributed by atoms with E-state index in [-0.39, 0.29) is 5.92 Å². The number of unbranched alkanes of at least 4 members (excludes halogenated alkanes) is 2. The molecule has 3 unspecified atom stereocenters. The van der Waals surface area contributed by atoms with Crippen molar-refractivity contribution in [2.24, 2.45) is 29.6 Å². The van der Waals surface area contributed by atoms with Gasteiger partial charge < -0.3 is 4.79 Å². The summed E-state index contributed by atoms with van der Waals surface area (Å²) in [6.07, 6.45) is 18.1. The fourth-order valence-electron chi connectivity index (χ4n) is 9.18.